The van der Waals surface area contributed by atoms with E-state index in [1.54, 1.807) is 63.2 Å². The molecule has 0 spiro atoms. The van der Waals surface area contributed by atoms with Gasteiger partial charge in [-0.3, -0.25) is 19.3 Å². The van der Waals surface area contributed by atoms with Crippen molar-refractivity contribution in [1.29, 1.82) is 0 Å². The van der Waals surface area contributed by atoms with Crippen LogP contribution in [0.15, 0.2) is 60.7 Å². The summed E-state index contributed by atoms with van der Waals surface area (Å²) in [7, 11) is 0. The molecule has 0 saturated heterocycles. The van der Waals surface area contributed by atoms with Gasteiger partial charge in [0.1, 0.15) is 35.2 Å². The first-order chi connectivity index (χ1) is 17.9. The number of hydrogen-bond donors (Lipinski definition) is 1. The fraction of sp³-hybridized carbons (Fsp3) is 0.276. The highest BCUT2D eigenvalue weighted by atomic mass is 19.1. The van der Waals surface area contributed by atoms with E-state index >= 15 is 0 Å². The van der Waals surface area contributed by atoms with Crippen LogP contribution < -0.4 is 10.2 Å². The monoisotopic (exact) mass is 524 g/mol. The predicted molar refractivity (Wildman–Crippen MR) is 136 cm³/mol. The molecule has 1 aliphatic carbocycles. The number of esters is 1. The average molecular weight is 525 g/mol. The van der Waals surface area contributed by atoms with Crippen LogP contribution in [0, 0.1) is 17.5 Å². The van der Waals surface area contributed by atoms with Gasteiger partial charge >= 0.3 is 5.97 Å². The summed E-state index contributed by atoms with van der Waals surface area (Å²) >= 11 is 0. The van der Waals surface area contributed by atoms with E-state index in [0.717, 1.165) is 17.7 Å². The van der Waals surface area contributed by atoms with Crippen LogP contribution in [0.1, 0.15) is 54.3 Å². The summed E-state index contributed by atoms with van der Waals surface area (Å²) in [5.74, 6) is -6.16. The number of amides is 2. The van der Waals surface area contributed by atoms with E-state index in [2.05, 4.69) is 5.32 Å². The molecule has 0 bridgehead atoms. The lowest BCUT2D eigenvalue weighted by molar-refractivity contribution is -0.152. The summed E-state index contributed by atoms with van der Waals surface area (Å²) in [5, 5.41) is 2.93. The lowest BCUT2D eigenvalue weighted by Gasteiger charge is -2.26. The maximum absolute atomic E-state index is 14.5. The summed E-state index contributed by atoms with van der Waals surface area (Å²) in [6.45, 7) is 4.27. The van der Waals surface area contributed by atoms with Gasteiger partial charge in [0.2, 0.25) is 0 Å². The summed E-state index contributed by atoms with van der Waals surface area (Å²) in [6.07, 6.45) is 1.90. The number of carbonyl (C=O) groups is 3. The van der Waals surface area contributed by atoms with E-state index in [1.165, 1.54) is 6.07 Å². The molecule has 1 fully saturated rings. The third-order valence-electron chi connectivity index (χ3n) is 5.70. The molecule has 0 aromatic heterocycles. The highest BCUT2D eigenvalue weighted by Crippen LogP contribution is 2.28. The molecule has 198 valence electrons. The first kappa shape index (κ1) is 26.9. The largest absolute Gasteiger partial charge is 0.459 e. The molecule has 0 heterocycles. The number of rotatable bonds is 7. The van der Waals surface area contributed by atoms with E-state index in [9.17, 15) is 27.6 Å². The fourth-order valence-corrected chi connectivity index (χ4v) is 3.85. The van der Waals surface area contributed by atoms with Crippen molar-refractivity contribution in [1.82, 2.24) is 5.32 Å². The Morgan fingerprint density at radius 2 is 1.53 bits per heavy atom. The van der Waals surface area contributed by atoms with Gasteiger partial charge < -0.3 is 10.1 Å². The van der Waals surface area contributed by atoms with Crippen LogP contribution in [-0.4, -0.2) is 36.0 Å². The van der Waals surface area contributed by atoms with Crippen molar-refractivity contribution >= 4 is 23.5 Å². The maximum atomic E-state index is 14.5. The predicted octanol–water partition coefficient (Wildman–Crippen LogP) is 5.65. The van der Waals surface area contributed by atoms with Gasteiger partial charge in [-0.1, -0.05) is 24.3 Å². The molecular weight excluding hydrogens is 497 g/mol. The number of hydrogen-bond acceptors (Lipinski definition) is 4. The van der Waals surface area contributed by atoms with Crippen LogP contribution >= 0.6 is 0 Å². The van der Waals surface area contributed by atoms with Gasteiger partial charge in [-0.25, -0.2) is 13.2 Å². The second-order valence-corrected chi connectivity index (χ2v) is 10.1. The van der Waals surface area contributed by atoms with Crippen molar-refractivity contribution in [2.24, 2.45) is 0 Å². The van der Waals surface area contributed by atoms with Crippen molar-refractivity contribution in [3.05, 3.63) is 89.2 Å². The Morgan fingerprint density at radius 3 is 2.13 bits per heavy atom. The Morgan fingerprint density at radius 1 is 0.921 bits per heavy atom. The lowest BCUT2D eigenvalue weighted by atomic mass is 10.0. The van der Waals surface area contributed by atoms with Crippen LogP contribution in [0.4, 0.5) is 18.9 Å². The SMILES string of the molecule is CC(C)(C)OC(=O)CN(C(=O)c1c(F)cc(F)cc1F)c1cccc(-c2cccc(C(=O)NC3CC3)c2)c1. The Bertz CT molecular complexity index is 1370. The van der Waals surface area contributed by atoms with Crippen LogP contribution in [0.25, 0.3) is 11.1 Å². The number of ether oxygens (including phenoxy) is 1. The molecule has 6 nitrogen and oxygen atoms in total. The second kappa shape index (κ2) is 10.7. The molecule has 0 radical (unpaired) electrons. The zero-order valence-corrected chi connectivity index (χ0v) is 21.2. The van der Waals surface area contributed by atoms with Crippen LogP contribution in [0.2, 0.25) is 0 Å². The molecular formula is C29H27F3N2O4. The fourth-order valence-electron chi connectivity index (χ4n) is 3.85. The van der Waals surface area contributed by atoms with Crippen LogP contribution in [0.5, 0.6) is 0 Å². The van der Waals surface area contributed by atoms with E-state index < -0.39 is 47.0 Å². The Kier molecular flexibility index (Phi) is 7.57. The van der Waals surface area contributed by atoms with Gasteiger partial charge in [-0.2, -0.15) is 0 Å². The Balaban J connectivity index is 1.71. The highest BCUT2D eigenvalue weighted by molar-refractivity contribution is 6.09. The minimum absolute atomic E-state index is 0.148. The molecule has 1 aliphatic rings. The topological polar surface area (TPSA) is 75.7 Å². The first-order valence-electron chi connectivity index (χ1n) is 12.1. The highest BCUT2D eigenvalue weighted by Gasteiger charge is 2.29. The summed E-state index contributed by atoms with van der Waals surface area (Å²) < 4.78 is 47.9. The number of nitrogens with one attached hydrogen (secondary N) is 1. The van der Waals surface area contributed by atoms with Gasteiger partial charge in [0.25, 0.3) is 11.8 Å². The second-order valence-electron chi connectivity index (χ2n) is 10.1. The van der Waals surface area contributed by atoms with E-state index in [4.69, 9.17) is 4.74 Å². The maximum Gasteiger partial charge on any atom is 0.326 e. The van der Waals surface area contributed by atoms with Gasteiger partial charge in [0.15, 0.2) is 0 Å². The zero-order chi connectivity index (χ0) is 27.6. The molecule has 0 unspecified atom stereocenters. The van der Waals surface area contributed by atoms with Gasteiger partial charge in [0.05, 0.1) is 0 Å². The molecule has 2 amide bonds. The molecule has 3 aromatic carbocycles. The minimum Gasteiger partial charge on any atom is -0.459 e. The van der Waals surface area contributed by atoms with Crippen molar-refractivity contribution in [2.75, 3.05) is 11.4 Å². The van der Waals surface area contributed by atoms with Gasteiger partial charge in [-0.15, -0.1) is 0 Å². The number of carbonyl (C=O) groups excluding carboxylic acids is 3. The molecule has 1 N–H and O–H groups in total. The number of anilines is 1. The minimum atomic E-state index is -1.40. The molecule has 4 rings (SSSR count). The van der Waals surface area contributed by atoms with E-state index in [-0.39, 0.29) is 17.6 Å². The van der Waals surface area contributed by atoms with Crippen molar-refractivity contribution < 1.29 is 32.3 Å². The van der Waals surface area contributed by atoms with Gasteiger partial charge in [-0.05, 0) is 69.0 Å². The molecule has 0 atom stereocenters. The standard InChI is InChI=1S/C29H27F3N2O4/c1-29(2,3)38-25(35)16-34(28(37)26-23(31)14-20(30)15-24(26)32)22-9-5-7-18(13-22)17-6-4-8-19(12-17)27(36)33-21-10-11-21/h4-9,12-15,21H,10-11,16H2,1-3H3,(H,33,36). The number of halogens is 3. The number of nitrogens with zero attached hydrogens (tertiary/aromatic N) is 1. The first-order valence-corrected chi connectivity index (χ1v) is 12.1. The molecule has 3 aromatic rings. The third-order valence-corrected chi connectivity index (χ3v) is 5.70. The molecule has 38 heavy (non-hydrogen) atoms. The quantitative estimate of drug-likeness (QED) is 0.405. The molecule has 9 heteroatoms. The zero-order valence-electron chi connectivity index (χ0n) is 21.2. The Hall–Kier alpha value is -4.14. The van der Waals surface area contributed by atoms with Crippen molar-refractivity contribution in [3.8, 4) is 11.1 Å². The van der Waals surface area contributed by atoms with Gasteiger partial charge in [0, 0.05) is 29.4 Å². The number of benzene rings is 3. The Labute approximate surface area is 218 Å². The van der Waals surface area contributed by atoms with Crippen molar-refractivity contribution in [3.63, 3.8) is 0 Å². The van der Waals surface area contributed by atoms with E-state index in [0.29, 0.717) is 28.8 Å². The smallest absolute Gasteiger partial charge is 0.326 e. The molecule has 0 aliphatic heterocycles. The third kappa shape index (κ3) is 6.59. The van der Waals surface area contributed by atoms with Crippen molar-refractivity contribution in [2.45, 2.75) is 45.3 Å². The molecule has 1 saturated carbocycles. The average Bonchev–Trinajstić information content (AvgIpc) is 3.65. The lowest BCUT2D eigenvalue weighted by Crippen LogP contribution is -2.39. The van der Waals surface area contributed by atoms with Crippen LogP contribution in [0.3, 0.4) is 0 Å². The van der Waals surface area contributed by atoms with E-state index in [1.807, 2.05) is 0 Å². The summed E-state index contributed by atoms with van der Waals surface area (Å²) in [6, 6.07) is 14.2. The summed E-state index contributed by atoms with van der Waals surface area (Å²) in [5.41, 5.74) is -0.0308. The summed E-state index contributed by atoms with van der Waals surface area (Å²) in [4.78, 5) is 39.4. The van der Waals surface area contributed by atoms with Crippen LogP contribution in [-0.2, 0) is 9.53 Å². The normalized spacial score (nSPS) is 13.1.